The predicted molar refractivity (Wildman–Crippen MR) is 52.1 cm³/mol. The second-order valence-electron chi connectivity index (χ2n) is 4.55. The van der Waals surface area contributed by atoms with Crippen LogP contribution < -0.4 is 0 Å². The molecule has 1 aromatic heterocycles. The summed E-state index contributed by atoms with van der Waals surface area (Å²) in [6.45, 7) is 8.74. The lowest BCUT2D eigenvalue weighted by Crippen LogP contribution is -2.09. The molecule has 0 spiro atoms. The summed E-state index contributed by atoms with van der Waals surface area (Å²) in [6, 6.07) is 4.23. The molecule has 0 amide bonds. The summed E-state index contributed by atoms with van der Waals surface area (Å²) in [6.07, 6.45) is 3.07. The van der Waals surface area contributed by atoms with Gasteiger partial charge < -0.3 is 0 Å². The Hall–Kier alpha value is -0.850. The first-order valence-electron chi connectivity index (χ1n) is 4.39. The predicted octanol–water partition coefficient (Wildman–Crippen LogP) is 2.98. The Balaban J connectivity index is 2.71. The smallest absolute Gasteiger partial charge is 0.0372 e. The van der Waals surface area contributed by atoms with Crippen LogP contribution in [0.15, 0.2) is 18.3 Å². The summed E-state index contributed by atoms with van der Waals surface area (Å²) >= 11 is 0. The lowest BCUT2D eigenvalue weighted by Gasteiger charge is -2.17. The number of pyridine rings is 1. The fourth-order valence-corrected chi connectivity index (χ4v) is 1.22. The summed E-state index contributed by atoms with van der Waals surface area (Å²) in [5, 5.41) is 0. The van der Waals surface area contributed by atoms with Crippen LogP contribution in [0.2, 0.25) is 0 Å². The van der Waals surface area contributed by atoms with Gasteiger partial charge in [-0.3, -0.25) is 4.98 Å². The summed E-state index contributed by atoms with van der Waals surface area (Å²) in [5.74, 6) is 0. The van der Waals surface area contributed by atoms with E-state index in [1.807, 2.05) is 13.1 Å². The molecule has 1 rings (SSSR count). The minimum atomic E-state index is 0.358. The molecule has 1 aromatic rings. The average molecular weight is 163 g/mol. The Morgan fingerprint density at radius 2 is 1.92 bits per heavy atom. The van der Waals surface area contributed by atoms with E-state index in [0.717, 1.165) is 12.1 Å². The van der Waals surface area contributed by atoms with Crippen LogP contribution in [0.1, 0.15) is 32.0 Å². The highest BCUT2D eigenvalue weighted by molar-refractivity contribution is 5.14. The average Bonchev–Trinajstić information content (AvgIpc) is 1.91. The van der Waals surface area contributed by atoms with Gasteiger partial charge in [-0.2, -0.15) is 0 Å². The molecule has 0 fully saturated rings. The Morgan fingerprint density at radius 3 is 2.33 bits per heavy atom. The second-order valence-corrected chi connectivity index (χ2v) is 4.55. The highest BCUT2D eigenvalue weighted by Crippen LogP contribution is 2.19. The first-order valence-corrected chi connectivity index (χ1v) is 4.39. The Kier molecular flexibility index (Phi) is 2.51. The minimum absolute atomic E-state index is 0.358. The summed E-state index contributed by atoms with van der Waals surface area (Å²) in [4.78, 5) is 4.26. The van der Waals surface area contributed by atoms with Crippen molar-refractivity contribution in [1.29, 1.82) is 0 Å². The monoisotopic (exact) mass is 163 g/mol. The van der Waals surface area contributed by atoms with Crippen molar-refractivity contribution in [1.82, 2.24) is 4.98 Å². The van der Waals surface area contributed by atoms with Crippen molar-refractivity contribution in [2.24, 2.45) is 5.41 Å². The zero-order valence-electron chi connectivity index (χ0n) is 8.39. The van der Waals surface area contributed by atoms with Crippen molar-refractivity contribution in [3.05, 3.63) is 29.6 Å². The fraction of sp³-hybridized carbons (Fsp3) is 0.545. The van der Waals surface area contributed by atoms with E-state index in [4.69, 9.17) is 0 Å². The molecule has 0 saturated carbocycles. The second kappa shape index (κ2) is 3.26. The van der Waals surface area contributed by atoms with Gasteiger partial charge in [0.1, 0.15) is 0 Å². The van der Waals surface area contributed by atoms with E-state index < -0.39 is 0 Å². The van der Waals surface area contributed by atoms with Crippen LogP contribution in [0.4, 0.5) is 0 Å². The molecule has 0 aromatic carbocycles. The van der Waals surface area contributed by atoms with Gasteiger partial charge in [-0.05, 0) is 30.4 Å². The van der Waals surface area contributed by atoms with Gasteiger partial charge >= 0.3 is 0 Å². The van der Waals surface area contributed by atoms with Gasteiger partial charge in [0.2, 0.25) is 0 Å². The minimum Gasteiger partial charge on any atom is -0.261 e. The highest BCUT2D eigenvalue weighted by atomic mass is 14.7. The maximum absolute atomic E-state index is 4.26. The van der Waals surface area contributed by atoms with E-state index >= 15 is 0 Å². The third-order valence-corrected chi connectivity index (χ3v) is 1.71. The Labute approximate surface area is 74.8 Å². The van der Waals surface area contributed by atoms with Crippen molar-refractivity contribution in [3.63, 3.8) is 0 Å². The van der Waals surface area contributed by atoms with Crippen LogP contribution >= 0.6 is 0 Å². The van der Waals surface area contributed by atoms with Gasteiger partial charge in [0.15, 0.2) is 0 Å². The molecule has 1 heteroatoms. The van der Waals surface area contributed by atoms with Crippen LogP contribution in [0.5, 0.6) is 0 Å². The first-order chi connectivity index (χ1) is 5.47. The zero-order chi connectivity index (χ0) is 9.19. The van der Waals surface area contributed by atoms with Crippen molar-refractivity contribution >= 4 is 0 Å². The molecule has 0 aliphatic heterocycles. The van der Waals surface area contributed by atoms with E-state index in [1.165, 1.54) is 5.56 Å². The van der Waals surface area contributed by atoms with Gasteiger partial charge in [0.25, 0.3) is 0 Å². The normalized spacial score (nSPS) is 11.7. The number of aryl methyl sites for hydroxylation is 1. The molecule has 0 bridgehead atoms. The quantitative estimate of drug-likeness (QED) is 0.620. The standard InChI is InChI=1S/C11H17N/c1-9-5-6-10(8-12-9)7-11(2,3)4/h5-6,8H,7H2,1-4H3. The van der Waals surface area contributed by atoms with Crippen molar-refractivity contribution in [3.8, 4) is 0 Å². The van der Waals surface area contributed by atoms with E-state index in [1.54, 1.807) is 0 Å². The molecule has 0 saturated heterocycles. The van der Waals surface area contributed by atoms with Crippen LogP contribution in [0.25, 0.3) is 0 Å². The maximum Gasteiger partial charge on any atom is 0.0372 e. The van der Waals surface area contributed by atoms with E-state index in [2.05, 4.69) is 37.9 Å². The highest BCUT2D eigenvalue weighted by Gasteiger charge is 2.10. The van der Waals surface area contributed by atoms with Crippen LogP contribution in [-0.4, -0.2) is 4.98 Å². The SMILES string of the molecule is Cc1ccc(CC(C)(C)C)cn1. The molecule has 1 heterocycles. The van der Waals surface area contributed by atoms with Crippen molar-refractivity contribution < 1.29 is 0 Å². The van der Waals surface area contributed by atoms with Gasteiger partial charge in [-0.1, -0.05) is 26.8 Å². The van der Waals surface area contributed by atoms with Crippen molar-refractivity contribution in [2.45, 2.75) is 34.1 Å². The molecule has 0 radical (unpaired) electrons. The molecule has 0 atom stereocenters. The van der Waals surface area contributed by atoms with Crippen LogP contribution in [-0.2, 0) is 6.42 Å². The lowest BCUT2D eigenvalue weighted by molar-refractivity contribution is 0.410. The van der Waals surface area contributed by atoms with E-state index in [0.29, 0.717) is 5.41 Å². The van der Waals surface area contributed by atoms with Crippen LogP contribution in [0.3, 0.4) is 0 Å². The number of nitrogens with zero attached hydrogens (tertiary/aromatic N) is 1. The molecule has 0 aliphatic rings. The number of hydrogen-bond donors (Lipinski definition) is 0. The number of rotatable bonds is 1. The third kappa shape index (κ3) is 3.04. The number of aromatic nitrogens is 1. The summed E-state index contributed by atoms with van der Waals surface area (Å²) in [5.41, 5.74) is 2.78. The summed E-state index contributed by atoms with van der Waals surface area (Å²) in [7, 11) is 0. The zero-order valence-corrected chi connectivity index (χ0v) is 8.39. The summed E-state index contributed by atoms with van der Waals surface area (Å²) < 4.78 is 0. The topological polar surface area (TPSA) is 12.9 Å². The molecule has 66 valence electrons. The molecule has 0 unspecified atom stereocenters. The fourth-order valence-electron chi connectivity index (χ4n) is 1.22. The Morgan fingerprint density at radius 1 is 1.25 bits per heavy atom. The molecular formula is C11H17N. The lowest BCUT2D eigenvalue weighted by atomic mass is 9.89. The maximum atomic E-state index is 4.26. The van der Waals surface area contributed by atoms with Gasteiger partial charge in [-0.15, -0.1) is 0 Å². The molecule has 1 nitrogen and oxygen atoms in total. The molecular weight excluding hydrogens is 146 g/mol. The Bertz CT molecular complexity index is 241. The van der Waals surface area contributed by atoms with E-state index in [9.17, 15) is 0 Å². The molecule has 12 heavy (non-hydrogen) atoms. The van der Waals surface area contributed by atoms with Crippen molar-refractivity contribution in [2.75, 3.05) is 0 Å². The number of hydrogen-bond acceptors (Lipinski definition) is 1. The van der Waals surface area contributed by atoms with Gasteiger partial charge in [-0.25, -0.2) is 0 Å². The largest absolute Gasteiger partial charge is 0.261 e. The molecule has 0 aliphatic carbocycles. The third-order valence-electron chi connectivity index (χ3n) is 1.71. The van der Waals surface area contributed by atoms with E-state index in [-0.39, 0.29) is 0 Å². The molecule has 0 N–H and O–H groups in total. The first kappa shape index (κ1) is 9.24. The van der Waals surface area contributed by atoms with Crippen LogP contribution in [0, 0.1) is 12.3 Å². The van der Waals surface area contributed by atoms with Gasteiger partial charge in [0.05, 0.1) is 0 Å². The van der Waals surface area contributed by atoms with Gasteiger partial charge in [0, 0.05) is 11.9 Å².